The van der Waals surface area contributed by atoms with Crippen molar-refractivity contribution in [1.82, 2.24) is 9.55 Å². The zero-order chi connectivity index (χ0) is 20.9. The summed E-state index contributed by atoms with van der Waals surface area (Å²) in [5, 5.41) is 0. The van der Waals surface area contributed by atoms with E-state index in [9.17, 15) is 9.18 Å². The van der Waals surface area contributed by atoms with Gasteiger partial charge in [-0.1, -0.05) is 32.9 Å². The third-order valence-corrected chi connectivity index (χ3v) is 4.14. The van der Waals surface area contributed by atoms with Crippen molar-refractivity contribution in [2.75, 3.05) is 13.2 Å². The molecule has 1 aromatic heterocycles. The fraction of sp³-hybridized carbons (Fsp3) is 0.304. The van der Waals surface area contributed by atoms with Crippen LogP contribution >= 0.6 is 0 Å². The highest BCUT2D eigenvalue weighted by Crippen LogP contribution is 2.19. The first-order chi connectivity index (χ1) is 13.8. The molecule has 29 heavy (non-hydrogen) atoms. The number of nitrogens with zero attached hydrogens (tertiary/aromatic N) is 2. The molecule has 2 aromatic carbocycles. The summed E-state index contributed by atoms with van der Waals surface area (Å²) < 4.78 is 25.8. The monoisotopic (exact) mass is 396 g/mol. The molecular formula is C23H25FN2O3. The van der Waals surface area contributed by atoms with Gasteiger partial charge in [0.15, 0.2) is 0 Å². The maximum absolute atomic E-state index is 13.0. The zero-order valence-corrected chi connectivity index (χ0v) is 16.9. The lowest BCUT2D eigenvalue weighted by molar-refractivity contribution is 0.198. The summed E-state index contributed by atoms with van der Waals surface area (Å²) in [6.45, 7) is 7.20. The van der Waals surface area contributed by atoms with E-state index < -0.39 is 0 Å². The first kappa shape index (κ1) is 20.6. The van der Waals surface area contributed by atoms with Crippen molar-refractivity contribution in [3.05, 3.63) is 82.7 Å². The van der Waals surface area contributed by atoms with Crippen LogP contribution in [0.2, 0.25) is 0 Å². The Morgan fingerprint density at radius 2 is 1.69 bits per heavy atom. The fourth-order valence-electron chi connectivity index (χ4n) is 2.62. The summed E-state index contributed by atoms with van der Waals surface area (Å²) in [5.74, 6) is 0.501. The van der Waals surface area contributed by atoms with E-state index in [1.165, 1.54) is 22.9 Å². The highest BCUT2D eigenvalue weighted by Gasteiger charge is 2.12. The number of ether oxygens (including phenoxy) is 2. The minimum absolute atomic E-state index is 0.0303. The molecule has 5 nitrogen and oxygen atoms in total. The highest BCUT2D eigenvalue weighted by molar-refractivity contribution is 5.38. The smallest absolute Gasteiger partial charge is 0.317 e. The second kappa shape index (κ2) is 8.90. The SMILES string of the molecule is CC(C)(C)COc1ccc(-n2ccnc(OCCc3ccc(F)cc3)c2=O)cc1. The predicted octanol–water partition coefficient (Wildman–Crippen LogP) is 4.42. The van der Waals surface area contributed by atoms with Gasteiger partial charge < -0.3 is 9.47 Å². The van der Waals surface area contributed by atoms with E-state index in [0.29, 0.717) is 18.7 Å². The summed E-state index contributed by atoms with van der Waals surface area (Å²) in [7, 11) is 0. The largest absolute Gasteiger partial charge is 0.493 e. The zero-order valence-electron chi connectivity index (χ0n) is 16.9. The van der Waals surface area contributed by atoms with E-state index in [1.807, 2.05) is 24.3 Å². The van der Waals surface area contributed by atoms with Gasteiger partial charge in [-0.2, -0.15) is 0 Å². The Hall–Kier alpha value is -3.15. The summed E-state index contributed by atoms with van der Waals surface area (Å²) in [6, 6.07) is 13.5. The van der Waals surface area contributed by atoms with E-state index in [1.54, 1.807) is 18.3 Å². The number of hydrogen-bond donors (Lipinski definition) is 0. The van der Waals surface area contributed by atoms with Crippen LogP contribution in [0.3, 0.4) is 0 Å². The van der Waals surface area contributed by atoms with Gasteiger partial charge in [0.05, 0.1) is 13.2 Å². The number of hydrogen-bond acceptors (Lipinski definition) is 4. The van der Waals surface area contributed by atoms with Gasteiger partial charge in [0.2, 0.25) is 0 Å². The van der Waals surface area contributed by atoms with Crippen LogP contribution in [0.5, 0.6) is 11.6 Å². The minimum atomic E-state index is -0.338. The van der Waals surface area contributed by atoms with Crippen LogP contribution in [0.15, 0.2) is 65.7 Å². The van der Waals surface area contributed by atoms with Gasteiger partial charge in [-0.15, -0.1) is 0 Å². The molecule has 0 spiro atoms. The molecule has 152 valence electrons. The molecule has 0 aliphatic heterocycles. The first-order valence-electron chi connectivity index (χ1n) is 9.50. The fourth-order valence-corrected chi connectivity index (χ4v) is 2.62. The van der Waals surface area contributed by atoms with Crippen molar-refractivity contribution in [2.24, 2.45) is 5.41 Å². The third kappa shape index (κ3) is 5.91. The van der Waals surface area contributed by atoms with Gasteiger partial charge in [-0.3, -0.25) is 9.36 Å². The van der Waals surface area contributed by atoms with Gasteiger partial charge in [0.25, 0.3) is 5.88 Å². The Bertz CT molecular complexity index is 990. The van der Waals surface area contributed by atoms with Crippen molar-refractivity contribution >= 4 is 0 Å². The second-order valence-corrected chi connectivity index (χ2v) is 7.98. The molecule has 1 heterocycles. The molecule has 0 atom stereocenters. The number of benzene rings is 2. The number of halogens is 1. The van der Waals surface area contributed by atoms with Crippen molar-refractivity contribution in [3.63, 3.8) is 0 Å². The molecule has 0 radical (unpaired) electrons. The van der Waals surface area contributed by atoms with Crippen LogP contribution in [0.1, 0.15) is 26.3 Å². The third-order valence-electron chi connectivity index (χ3n) is 4.14. The predicted molar refractivity (Wildman–Crippen MR) is 110 cm³/mol. The average Bonchev–Trinajstić information content (AvgIpc) is 2.69. The van der Waals surface area contributed by atoms with E-state index in [-0.39, 0.29) is 29.3 Å². The molecule has 0 saturated heterocycles. The first-order valence-corrected chi connectivity index (χ1v) is 9.50. The molecule has 0 amide bonds. The molecular weight excluding hydrogens is 371 g/mol. The maximum atomic E-state index is 13.0. The Balaban J connectivity index is 1.66. The average molecular weight is 396 g/mol. The lowest BCUT2D eigenvalue weighted by Crippen LogP contribution is -2.22. The molecule has 0 aliphatic rings. The normalized spacial score (nSPS) is 11.3. The molecule has 0 bridgehead atoms. The van der Waals surface area contributed by atoms with Gasteiger partial charge in [0.1, 0.15) is 11.6 Å². The standard InChI is InChI=1S/C23H25FN2O3/c1-23(2,3)16-29-20-10-8-19(9-11-20)26-14-13-25-21(22(26)27)28-15-12-17-4-6-18(24)7-5-17/h4-11,13-14H,12,15-16H2,1-3H3. The van der Waals surface area contributed by atoms with E-state index in [0.717, 1.165) is 11.3 Å². The van der Waals surface area contributed by atoms with E-state index in [4.69, 9.17) is 9.47 Å². The summed E-state index contributed by atoms with van der Waals surface area (Å²) in [6.07, 6.45) is 3.68. The Kier molecular flexibility index (Phi) is 6.32. The lowest BCUT2D eigenvalue weighted by Gasteiger charge is -2.19. The van der Waals surface area contributed by atoms with Crippen LogP contribution in [0.4, 0.5) is 4.39 Å². The van der Waals surface area contributed by atoms with Crippen LogP contribution in [0, 0.1) is 11.2 Å². The number of aromatic nitrogens is 2. The molecule has 0 saturated carbocycles. The van der Waals surface area contributed by atoms with Crippen molar-refractivity contribution in [2.45, 2.75) is 27.2 Å². The van der Waals surface area contributed by atoms with Crippen molar-refractivity contribution in [1.29, 1.82) is 0 Å². The van der Waals surface area contributed by atoms with Crippen LogP contribution in [-0.2, 0) is 6.42 Å². The lowest BCUT2D eigenvalue weighted by atomic mass is 9.99. The maximum Gasteiger partial charge on any atom is 0.317 e. The summed E-state index contributed by atoms with van der Waals surface area (Å²) in [4.78, 5) is 16.7. The van der Waals surface area contributed by atoms with Crippen molar-refractivity contribution in [3.8, 4) is 17.3 Å². The highest BCUT2D eigenvalue weighted by atomic mass is 19.1. The van der Waals surface area contributed by atoms with Crippen LogP contribution in [-0.4, -0.2) is 22.8 Å². The van der Waals surface area contributed by atoms with Gasteiger partial charge in [-0.05, 0) is 47.4 Å². The molecule has 0 N–H and O–H groups in total. The molecule has 3 aromatic rings. The summed E-state index contributed by atoms with van der Waals surface area (Å²) >= 11 is 0. The quantitative estimate of drug-likeness (QED) is 0.593. The van der Waals surface area contributed by atoms with E-state index in [2.05, 4.69) is 25.8 Å². The van der Waals surface area contributed by atoms with Crippen molar-refractivity contribution < 1.29 is 13.9 Å². The molecule has 0 fully saturated rings. The molecule has 0 aliphatic carbocycles. The van der Waals surface area contributed by atoms with Crippen LogP contribution < -0.4 is 15.0 Å². The van der Waals surface area contributed by atoms with Gasteiger partial charge >= 0.3 is 5.56 Å². The molecule has 3 rings (SSSR count). The minimum Gasteiger partial charge on any atom is -0.493 e. The second-order valence-electron chi connectivity index (χ2n) is 7.98. The number of rotatable bonds is 7. The molecule has 6 heteroatoms. The van der Waals surface area contributed by atoms with Gasteiger partial charge in [0, 0.05) is 24.5 Å². The van der Waals surface area contributed by atoms with Crippen LogP contribution in [0.25, 0.3) is 5.69 Å². The Morgan fingerprint density at radius 3 is 2.34 bits per heavy atom. The topological polar surface area (TPSA) is 53.4 Å². The van der Waals surface area contributed by atoms with E-state index >= 15 is 0 Å². The molecule has 0 unspecified atom stereocenters. The van der Waals surface area contributed by atoms with Gasteiger partial charge in [-0.25, -0.2) is 9.37 Å². The Labute approximate surface area is 169 Å². The Morgan fingerprint density at radius 1 is 1.00 bits per heavy atom. The summed E-state index contributed by atoms with van der Waals surface area (Å²) in [5.41, 5.74) is 1.35.